The van der Waals surface area contributed by atoms with Gasteiger partial charge in [0.1, 0.15) is 0 Å². The lowest BCUT2D eigenvalue weighted by atomic mass is 9.82. The zero-order valence-electron chi connectivity index (χ0n) is 12.6. The molecule has 0 aliphatic heterocycles. The summed E-state index contributed by atoms with van der Waals surface area (Å²) < 4.78 is 0. The molecule has 0 aromatic heterocycles. The molecule has 0 heterocycles. The van der Waals surface area contributed by atoms with Gasteiger partial charge >= 0.3 is 0 Å². The Morgan fingerprint density at radius 1 is 1.00 bits per heavy atom. The van der Waals surface area contributed by atoms with Gasteiger partial charge in [0, 0.05) is 6.42 Å². The summed E-state index contributed by atoms with van der Waals surface area (Å²) in [5, 5.41) is 0. The summed E-state index contributed by atoms with van der Waals surface area (Å²) in [4.78, 5) is 14.8. The molecule has 0 saturated heterocycles. The van der Waals surface area contributed by atoms with E-state index in [4.69, 9.17) is 0 Å². The fourth-order valence-electron chi connectivity index (χ4n) is 3.23. The number of Topliss-reactive ketones (excluding diaryl/α,β-unsaturated/α-hetero) is 1. The van der Waals surface area contributed by atoms with Crippen LogP contribution in [-0.2, 0) is 4.79 Å². The molecule has 2 heteroatoms. The van der Waals surface area contributed by atoms with E-state index in [0.717, 1.165) is 25.7 Å². The van der Waals surface area contributed by atoms with E-state index in [1.165, 1.54) is 44.9 Å². The third kappa shape index (κ3) is 4.08. The Labute approximate surface area is 113 Å². The number of hydrogen-bond acceptors (Lipinski definition) is 2. The van der Waals surface area contributed by atoms with Gasteiger partial charge in [-0.3, -0.25) is 9.69 Å². The highest BCUT2D eigenvalue weighted by Gasteiger charge is 2.39. The predicted molar refractivity (Wildman–Crippen MR) is 77.9 cm³/mol. The van der Waals surface area contributed by atoms with Crippen molar-refractivity contribution >= 4 is 5.78 Å². The SMILES string of the molecule is CCCCCCC(=O)C1(N(C)C)CCCCCC1. The minimum absolute atomic E-state index is 0.136. The van der Waals surface area contributed by atoms with Crippen molar-refractivity contribution in [1.29, 1.82) is 0 Å². The lowest BCUT2D eigenvalue weighted by Crippen LogP contribution is -2.50. The van der Waals surface area contributed by atoms with E-state index >= 15 is 0 Å². The Bertz CT molecular complexity index is 239. The summed E-state index contributed by atoms with van der Waals surface area (Å²) in [6.07, 6.45) is 12.8. The minimum atomic E-state index is -0.136. The number of nitrogens with zero attached hydrogens (tertiary/aromatic N) is 1. The highest BCUT2D eigenvalue weighted by molar-refractivity contribution is 5.88. The lowest BCUT2D eigenvalue weighted by Gasteiger charge is -2.38. The summed E-state index contributed by atoms with van der Waals surface area (Å²) in [6, 6.07) is 0. The van der Waals surface area contributed by atoms with Crippen LogP contribution in [0.1, 0.15) is 77.6 Å². The lowest BCUT2D eigenvalue weighted by molar-refractivity contribution is -0.130. The second-order valence-electron chi connectivity index (χ2n) is 6.07. The first-order valence-corrected chi connectivity index (χ1v) is 7.84. The molecule has 0 radical (unpaired) electrons. The first kappa shape index (κ1) is 15.7. The molecular weight excluding hydrogens is 222 g/mol. The smallest absolute Gasteiger partial charge is 0.153 e. The van der Waals surface area contributed by atoms with Gasteiger partial charge in [-0.05, 0) is 33.4 Å². The first-order valence-electron chi connectivity index (χ1n) is 7.84. The Kier molecular flexibility index (Phi) is 6.91. The standard InChI is InChI=1S/C16H31NO/c1-4-5-6-9-12-15(18)16(17(2)3)13-10-7-8-11-14-16/h4-14H2,1-3H3. The van der Waals surface area contributed by atoms with Crippen molar-refractivity contribution in [3.8, 4) is 0 Å². The van der Waals surface area contributed by atoms with Crippen molar-refractivity contribution in [2.75, 3.05) is 14.1 Å². The summed E-state index contributed by atoms with van der Waals surface area (Å²) in [5.74, 6) is 0.505. The summed E-state index contributed by atoms with van der Waals surface area (Å²) >= 11 is 0. The van der Waals surface area contributed by atoms with Crippen LogP contribution in [0, 0.1) is 0 Å². The van der Waals surface area contributed by atoms with Crippen molar-refractivity contribution in [2.45, 2.75) is 83.1 Å². The molecule has 0 aromatic carbocycles. The first-order chi connectivity index (χ1) is 8.63. The molecule has 2 nitrogen and oxygen atoms in total. The Hall–Kier alpha value is -0.370. The molecule has 1 rings (SSSR count). The van der Waals surface area contributed by atoms with Crippen LogP contribution in [-0.4, -0.2) is 30.3 Å². The van der Waals surface area contributed by atoms with Crippen molar-refractivity contribution in [2.24, 2.45) is 0 Å². The average Bonchev–Trinajstić information content (AvgIpc) is 2.61. The van der Waals surface area contributed by atoms with Gasteiger partial charge in [0.25, 0.3) is 0 Å². The van der Waals surface area contributed by atoms with E-state index in [1.54, 1.807) is 0 Å². The third-order valence-electron chi connectivity index (χ3n) is 4.56. The molecule has 0 aromatic rings. The third-order valence-corrected chi connectivity index (χ3v) is 4.56. The zero-order valence-corrected chi connectivity index (χ0v) is 12.6. The van der Waals surface area contributed by atoms with Crippen molar-refractivity contribution < 1.29 is 4.79 Å². The van der Waals surface area contributed by atoms with Gasteiger partial charge in [0.05, 0.1) is 5.54 Å². The van der Waals surface area contributed by atoms with Crippen molar-refractivity contribution in [3.63, 3.8) is 0 Å². The number of unbranched alkanes of at least 4 members (excludes halogenated alkanes) is 3. The van der Waals surface area contributed by atoms with E-state index in [-0.39, 0.29) is 5.54 Å². The Morgan fingerprint density at radius 3 is 2.11 bits per heavy atom. The van der Waals surface area contributed by atoms with Gasteiger partial charge in [0.15, 0.2) is 5.78 Å². The van der Waals surface area contributed by atoms with Gasteiger partial charge < -0.3 is 0 Å². The summed E-state index contributed by atoms with van der Waals surface area (Å²) in [6.45, 7) is 2.22. The maximum absolute atomic E-state index is 12.6. The van der Waals surface area contributed by atoms with Crippen molar-refractivity contribution in [1.82, 2.24) is 4.90 Å². The molecular formula is C16H31NO. The minimum Gasteiger partial charge on any atom is -0.298 e. The van der Waals surface area contributed by atoms with Gasteiger partial charge in [-0.15, -0.1) is 0 Å². The summed E-state index contributed by atoms with van der Waals surface area (Å²) in [5.41, 5.74) is -0.136. The molecule has 1 aliphatic rings. The van der Waals surface area contributed by atoms with E-state index in [0.29, 0.717) is 5.78 Å². The zero-order chi connectivity index (χ0) is 13.4. The van der Waals surface area contributed by atoms with Crippen LogP contribution in [0.15, 0.2) is 0 Å². The molecule has 1 saturated carbocycles. The second kappa shape index (κ2) is 7.93. The molecule has 1 fully saturated rings. The van der Waals surface area contributed by atoms with Gasteiger partial charge in [-0.25, -0.2) is 0 Å². The molecule has 106 valence electrons. The molecule has 0 amide bonds. The normalized spacial score (nSPS) is 19.8. The fourth-order valence-corrected chi connectivity index (χ4v) is 3.23. The van der Waals surface area contributed by atoms with Crippen LogP contribution < -0.4 is 0 Å². The predicted octanol–water partition coefficient (Wildman–Crippen LogP) is 4.18. The number of carbonyl (C=O) groups is 1. The van der Waals surface area contributed by atoms with Crippen molar-refractivity contribution in [3.05, 3.63) is 0 Å². The molecule has 0 N–H and O–H groups in total. The Balaban J connectivity index is 2.56. The monoisotopic (exact) mass is 253 g/mol. The highest BCUT2D eigenvalue weighted by atomic mass is 16.1. The number of ketones is 1. The van der Waals surface area contributed by atoms with E-state index < -0.39 is 0 Å². The van der Waals surface area contributed by atoms with Crippen LogP contribution in [0.25, 0.3) is 0 Å². The topological polar surface area (TPSA) is 20.3 Å². The fraction of sp³-hybridized carbons (Fsp3) is 0.938. The number of rotatable bonds is 7. The quantitative estimate of drug-likeness (QED) is 0.501. The maximum Gasteiger partial charge on any atom is 0.153 e. The van der Waals surface area contributed by atoms with Crippen LogP contribution in [0.5, 0.6) is 0 Å². The average molecular weight is 253 g/mol. The second-order valence-corrected chi connectivity index (χ2v) is 6.07. The largest absolute Gasteiger partial charge is 0.298 e. The molecule has 0 bridgehead atoms. The maximum atomic E-state index is 12.6. The molecule has 0 spiro atoms. The van der Waals surface area contributed by atoms with Crippen LogP contribution in [0.4, 0.5) is 0 Å². The Morgan fingerprint density at radius 2 is 1.61 bits per heavy atom. The van der Waals surface area contributed by atoms with Crippen LogP contribution in [0.3, 0.4) is 0 Å². The van der Waals surface area contributed by atoms with E-state index in [2.05, 4.69) is 25.9 Å². The molecule has 1 aliphatic carbocycles. The van der Waals surface area contributed by atoms with Crippen LogP contribution in [0.2, 0.25) is 0 Å². The van der Waals surface area contributed by atoms with Gasteiger partial charge in [-0.2, -0.15) is 0 Å². The molecule has 18 heavy (non-hydrogen) atoms. The van der Waals surface area contributed by atoms with E-state index in [1.807, 2.05) is 0 Å². The summed E-state index contributed by atoms with van der Waals surface area (Å²) in [7, 11) is 4.19. The van der Waals surface area contributed by atoms with Gasteiger partial charge in [0.2, 0.25) is 0 Å². The number of likely N-dealkylation sites (N-methyl/N-ethyl adjacent to an activating group) is 1. The van der Waals surface area contributed by atoms with Gasteiger partial charge in [-0.1, -0.05) is 51.9 Å². The van der Waals surface area contributed by atoms with Crippen LogP contribution >= 0.6 is 0 Å². The van der Waals surface area contributed by atoms with E-state index in [9.17, 15) is 4.79 Å². The number of hydrogen-bond donors (Lipinski definition) is 0. The molecule has 0 atom stereocenters. The highest BCUT2D eigenvalue weighted by Crippen LogP contribution is 2.33. The number of carbonyl (C=O) groups excluding carboxylic acids is 1. The molecule has 0 unspecified atom stereocenters.